The minimum Gasteiger partial charge on any atom is -0.388 e. The van der Waals surface area contributed by atoms with Gasteiger partial charge in [-0.1, -0.05) is 0 Å². The van der Waals surface area contributed by atoms with Gasteiger partial charge in [0.25, 0.3) is 0 Å². The number of aromatic nitrogens is 3. The van der Waals surface area contributed by atoms with E-state index >= 15 is 0 Å². The van der Waals surface area contributed by atoms with Gasteiger partial charge >= 0.3 is 5.69 Å². The summed E-state index contributed by atoms with van der Waals surface area (Å²) in [4.78, 5) is 10.9. The van der Waals surface area contributed by atoms with Crippen LogP contribution in [0.1, 0.15) is 5.82 Å². The molecule has 0 saturated carbocycles. The Morgan fingerprint density at radius 1 is 1.60 bits per heavy atom. The van der Waals surface area contributed by atoms with Crippen LogP contribution in [0.2, 0.25) is 0 Å². The van der Waals surface area contributed by atoms with Crippen LogP contribution in [0.15, 0.2) is 4.79 Å². The summed E-state index contributed by atoms with van der Waals surface area (Å²) < 4.78 is 2.49. The molecule has 0 amide bonds. The zero-order valence-electron chi connectivity index (χ0n) is 5.90. The molecule has 5 heteroatoms. The molecule has 0 aliphatic carbocycles. The predicted molar refractivity (Wildman–Crippen MR) is 34.4 cm³/mol. The maximum absolute atomic E-state index is 10.9. The third-order valence-corrected chi connectivity index (χ3v) is 1.36. The molecule has 0 aliphatic rings. The third kappa shape index (κ3) is 0.841. The number of aryl methyl sites for hydroxylation is 1. The van der Waals surface area contributed by atoms with Crippen LogP contribution in [0.3, 0.4) is 0 Å². The highest BCUT2D eigenvalue weighted by Gasteiger charge is 2.03. The molecule has 1 heterocycles. The lowest BCUT2D eigenvalue weighted by atomic mass is 10.6. The van der Waals surface area contributed by atoms with Gasteiger partial charge in [0.1, 0.15) is 6.61 Å². The van der Waals surface area contributed by atoms with Crippen LogP contribution in [0, 0.1) is 0 Å². The number of aliphatic hydroxyl groups excluding tert-OH is 1. The van der Waals surface area contributed by atoms with E-state index in [1.165, 1.54) is 9.25 Å². The van der Waals surface area contributed by atoms with Crippen LogP contribution < -0.4 is 5.69 Å². The molecule has 0 atom stereocenters. The Labute approximate surface area is 57.5 Å². The zero-order chi connectivity index (χ0) is 7.72. The highest BCUT2D eigenvalue weighted by molar-refractivity contribution is 4.82. The summed E-state index contributed by atoms with van der Waals surface area (Å²) in [6.45, 7) is -0.202. The summed E-state index contributed by atoms with van der Waals surface area (Å²) >= 11 is 0. The Balaban J connectivity index is 3.31. The van der Waals surface area contributed by atoms with Crippen molar-refractivity contribution >= 4 is 0 Å². The Morgan fingerprint density at radius 3 is 2.40 bits per heavy atom. The van der Waals surface area contributed by atoms with E-state index in [1.54, 1.807) is 14.1 Å². The number of aliphatic hydroxyl groups is 1. The first-order valence-electron chi connectivity index (χ1n) is 2.86. The van der Waals surface area contributed by atoms with Crippen LogP contribution in [-0.4, -0.2) is 19.5 Å². The smallest absolute Gasteiger partial charge is 0.345 e. The van der Waals surface area contributed by atoms with Gasteiger partial charge < -0.3 is 5.11 Å². The third-order valence-electron chi connectivity index (χ3n) is 1.36. The minimum atomic E-state index is -0.218. The van der Waals surface area contributed by atoms with E-state index in [9.17, 15) is 4.79 Å². The molecule has 0 radical (unpaired) electrons. The summed E-state index contributed by atoms with van der Waals surface area (Å²) in [5, 5.41) is 12.4. The summed E-state index contributed by atoms with van der Waals surface area (Å²) in [6, 6.07) is 0. The quantitative estimate of drug-likeness (QED) is 0.526. The van der Waals surface area contributed by atoms with E-state index in [2.05, 4.69) is 5.10 Å². The van der Waals surface area contributed by atoms with Crippen molar-refractivity contribution in [3.05, 3.63) is 16.3 Å². The van der Waals surface area contributed by atoms with Crippen molar-refractivity contribution in [1.29, 1.82) is 0 Å². The second kappa shape index (κ2) is 2.26. The normalized spacial score (nSPS) is 10.3. The molecule has 1 aromatic rings. The molecule has 0 aromatic carbocycles. The molecule has 0 spiro atoms. The molecule has 0 bridgehead atoms. The van der Waals surface area contributed by atoms with Crippen molar-refractivity contribution in [2.75, 3.05) is 0 Å². The van der Waals surface area contributed by atoms with Gasteiger partial charge in [-0.15, -0.1) is 0 Å². The van der Waals surface area contributed by atoms with E-state index in [-0.39, 0.29) is 12.3 Å². The Morgan fingerprint density at radius 2 is 2.20 bits per heavy atom. The standard InChI is InChI=1S/C5H9N3O2/c1-7-4(3-9)6-8(2)5(7)10/h9H,3H2,1-2H3. The summed E-state index contributed by atoms with van der Waals surface area (Å²) in [5.41, 5.74) is -0.218. The van der Waals surface area contributed by atoms with Gasteiger partial charge in [0.2, 0.25) is 0 Å². The molecule has 0 aliphatic heterocycles. The van der Waals surface area contributed by atoms with Gasteiger partial charge in [-0.25, -0.2) is 9.48 Å². The molecule has 0 saturated heterocycles. The van der Waals surface area contributed by atoms with E-state index in [0.29, 0.717) is 5.82 Å². The van der Waals surface area contributed by atoms with Gasteiger partial charge in [0, 0.05) is 14.1 Å². The number of hydrogen-bond acceptors (Lipinski definition) is 3. The van der Waals surface area contributed by atoms with Crippen LogP contribution in [0.25, 0.3) is 0 Å². The number of rotatable bonds is 1. The monoisotopic (exact) mass is 143 g/mol. The molecule has 5 nitrogen and oxygen atoms in total. The Bertz CT molecular complexity index is 286. The maximum atomic E-state index is 10.9. The number of nitrogens with zero attached hydrogens (tertiary/aromatic N) is 3. The second-order valence-electron chi connectivity index (χ2n) is 2.04. The molecular weight excluding hydrogens is 134 g/mol. The largest absolute Gasteiger partial charge is 0.388 e. The van der Waals surface area contributed by atoms with Crippen LogP contribution >= 0.6 is 0 Å². The average Bonchev–Trinajstić information content (AvgIpc) is 2.17. The highest BCUT2D eigenvalue weighted by atomic mass is 16.3. The van der Waals surface area contributed by atoms with Crippen molar-refractivity contribution in [2.24, 2.45) is 14.1 Å². The zero-order valence-corrected chi connectivity index (χ0v) is 5.90. The van der Waals surface area contributed by atoms with Crippen molar-refractivity contribution < 1.29 is 5.11 Å². The SMILES string of the molecule is Cn1nc(CO)n(C)c1=O. The van der Waals surface area contributed by atoms with Crippen LogP contribution in [-0.2, 0) is 20.7 Å². The first-order valence-corrected chi connectivity index (χ1v) is 2.86. The fraction of sp³-hybridized carbons (Fsp3) is 0.600. The first kappa shape index (κ1) is 7.01. The average molecular weight is 143 g/mol. The lowest BCUT2D eigenvalue weighted by Crippen LogP contribution is -2.20. The van der Waals surface area contributed by atoms with Crippen molar-refractivity contribution in [2.45, 2.75) is 6.61 Å². The summed E-state index contributed by atoms with van der Waals surface area (Å²) in [7, 11) is 3.11. The van der Waals surface area contributed by atoms with E-state index in [4.69, 9.17) is 5.11 Å². The number of hydrogen-bond donors (Lipinski definition) is 1. The first-order chi connectivity index (χ1) is 4.66. The molecular formula is C5H9N3O2. The molecule has 10 heavy (non-hydrogen) atoms. The fourth-order valence-electron chi connectivity index (χ4n) is 0.748. The maximum Gasteiger partial charge on any atom is 0.345 e. The van der Waals surface area contributed by atoms with Gasteiger partial charge in [0.15, 0.2) is 5.82 Å². The van der Waals surface area contributed by atoms with Crippen molar-refractivity contribution in [1.82, 2.24) is 14.3 Å². The van der Waals surface area contributed by atoms with Crippen molar-refractivity contribution in [3.63, 3.8) is 0 Å². The van der Waals surface area contributed by atoms with Gasteiger partial charge in [0.05, 0.1) is 0 Å². The van der Waals surface area contributed by atoms with Crippen LogP contribution in [0.4, 0.5) is 0 Å². The van der Waals surface area contributed by atoms with Gasteiger partial charge in [-0.05, 0) is 0 Å². The highest BCUT2D eigenvalue weighted by Crippen LogP contribution is 1.85. The Hall–Kier alpha value is -1.10. The van der Waals surface area contributed by atoms with E-state index in [0.717, 1.165) is 0 Å². The summed E-state index contributed by atoms with van der Waals surface area (Å²) in [5.74, 6) is 0.382. The molecule has 56 valence electrons. The predicted octanol–water partition coefficient (Wildman–Crippen LogP) is -1.39. The second-order valence-corrected chi connectivity index (χ2v) is 2.04. The van der Waals surface area contributed by atoms with E-state index in [1.807, 2.05) is 0 Å². The molecule has 1 aromatic heterocycles. The molecule has 0 unspecified atom stereocenters. The summed E-state index contributed by atoms with van der Waals surface area (Å²) in [6.07, 6.45) is 0. The van der Waals surface area contributed by atoms with Crippen molar-refractivity contribution in [3.8, 4) is 0 Å². The topological polar surface area (TPSA) is 60.0 Å². The lowest BCUT2D eigenvalue weighted by Gasteiger charge is -1.89. The van der Waals surface area contributed by atoms with Gasteiger partial charge in [-0.3, -0.25) is 4.57 Å². The molecule has 0 fully saturated rings. The molecule has 1 N–H and O–H groups in total. The lowest BCUT2D eigenvalue weighted by molar-refractivity contribution is 0.266. The Kier molecular flexibility index (Phi) is 1.58. The fourth-order valence-corrected chi connectivity index (χ4v) is 0.748. The van der Waals surface area contributed by atoms with Crippen LogP contribution in [0.5, 0.6) is 0 Å². The van der Waals surface area contributed by atoms with E-state index < -0.39 is 0 Å². The van der Waals surface area contributed by atoms with Gasteiger partial charge in [-0.2, -0.15) is 5.10 Å². The minimum absolute atomic E-state index is 0.202. The molecule has 1 rings (SSSR count).